The highest BCUT2D eigenvalue weighted by molar-refractivity contribution is 5.78. The van der Waals surface area contributed by atoms with Gasteiger partial charge in [0, 0.05) is 37.0 Å². The molecule has 2 heterocycles. The normalized spacial score (nSPS) is 17.3. The molecule has 0 aliphatic carbocycles. The summed E-state index contributed by atoms with van der Waals surface area (Å²) in [6, 6.07) is 7.64. The van der Waals surface area contributed by atoms with E-state index in [2.05, 4.69) is 9.97 Å². The summed E-state index contributed by atoms with van der Waals surface area (Å²) in [6.07, 6.45) is 2.59. The van der Waals surface area contributed by atoms with Gasteiger partial charge in [0.05, 0.1) is 0 Å². The number of nitrogens with zero attached hydrogens (tertiary/aromatic N) is 3. The fourth-order valence-corrected chi connectivity index (χ4v) is 2.66. The lowest BCUT2D eigenvalue weighted by molar-refractivity contribution is -0.132. The number of carbonyl (C=O) groups excluding carboxylic acids is 1. The lowest BCUT2D eigenvalue weighted by atomic mass is 10.1. The number of aromatic nitrogens is 2. The molecule has 1 aromatic heterocycles. The predicted octanol–water partition coefficient (Wildman–Crippen LogP) is 2.32. The molecule has 1 fully saturated rings. The van der Waals surface area contributed by atoms with Crippen LogP contribution in [0.4, 0.5) is 4.39 Å². The highest BCUT2D eigenvalue weighted by atomic mass is 19.1. The molecule has 1 atom stereocenters. The first-order valence-corrected chi connectivity index (χ1v) is 7.57. The number of hydrogen-bond donors (Lipinski definition) is 0. The van der Waals surface area contributed by atoms with Crippen LogP contribution in [0.25, 0.3) is 0 Å². The maximum Gasteiger partial charge on any atom is 0.260 e. The van der Waals surface area contributed by atoms with Crippen molar-refractivity contribution in [3.63, 3.8) is 0 Å². The van der Waals surface area contributed by atoms with E-state index in [1.165, 1.54) is 12.1 Å². The summed E-state index contributed by atoms with van der Waals surface area (Å²) in [5.74, 6) is 0.813. The fourth-order valence-electron chi connectivity index (χ4n) is 2.66. The number of rotatable bonds is 4. The summed E-state index contributed by atoms with van der Waals surface area (Å²) >= 11 is 0. The van der Waals surface area contributed by atoms with Crippen LogP contribution in [0.3, 0.4) is 0 Å². The third-order valence-electron chi connectivity index (χ3n) is 3.88. The molecule has 3 rings (SSSR count). The van der Waals surface area contributed by atoms with Crippen LogP contribution in [0.1, 0.15) is 23.9 Å². The molecule has 1 amide bonds. The Labute approximate surface area is 134 Å². The molecule has 120 valence electrons. The van der Waals surface area contributed by atoms with Crippen molar-refractivity contribution in [2.75, 3.05) is 19.7 Å². The Hall–Kier alpha value is -2.50. The van der Waals surface area contributed by atoms with E-state index in [1.54, 1.807) is 23.2 Å². The minimum absolute atomic E-state index is 0.0924. The van der Waals surface area contributed by atoms with Gasteiger partial charge < -0.3 is 9.64 Å². The summed E-state index contributed by atoms with van der Waals surface area (Å²) in [7, 11) is 0. The highest BCUT2D eigenvalue weighted by Gasteiger charge is 2.29. The zero-order valence-corrected chi connectivity index (χ0v) is 12.9. The van der Waals surface area contributed by atoms with E-state index in [1.807, 2.05) is 13.0 Å². The second-order valence-corrected chi connectivity index (χ2v) is 5.63. The number of halogens is 1. The van der Waals surface area contributed by atoms with Gasteiger partial charge in [-0.1, -0.05) is 6.07 Å². The van der Waals surface area contributed by atoms with Crippen LogP contribution in [-0.2, 0) is 4.79 Å². The molecule has 0 radical (unpaired) electrons. The van der Waals surface area contributed by atoms with E-state index in [4.69, 9.17) is 4.74 Å². The Morgan fingerprint density at radius 2 is 2.30 bits per heavy atom. The van der Waals surface area contributed by atoms with Crippen LogP contribution in [-0.4, -0.2) is 40.5 Å². The molecule has 1 aliphatic heterocycles. The van der Waals surface area contributed by atoms with E-state index in [0.717, 1.165) is 17.9 Å². The van der Waals surface area contributed by atoms with Gasteiger partial charge in [0.25, 0.3) is 5.91 Å². The van der Waals surface area contributed by atoms with Crippen molar-refractivity contribution in [1.29, 1.82) is 0 Å². The van der Waals surface area contributed by atoms with Crippen molar-refractivity contribution in [2.45, 2.75) is 19.3 Å². The third kappa shape index (κ3) is 3.83. The molecule has 0 spiro atoms. The maximum absolute atomic E-state index is 13.1. The van der Waals surface area contributed by atoms with E-state index in [9.17, 15) is 9.18 Å². The molecular formula is C17H18FN3O2. The third-order valence-corrected chi connectivity index (χ3v) is 3.88. The van der Waals surface area contributed by atoms with Gasteiger partial charge in [0.2, 0.25) is 0 Å². The van der Waals surface area contributed by atoms with Crippen LogP contribution >= 0.6 is 0 Å². The first-order chi connectivity index (χ1) is 11.1. The lowest BCUT2D eigenvalue weighted by Crippen LogP contribution is -2.33. The number of aryl methyl sites for hydroxylation is 1. The second-order valence-electron chi connectivity index (χ2n) is 5.63. The van der Waals surface area contributed by atoms with Crippen LogP contribution in [0, 0.1) is 12.7 Å². The highest BCUT2D eigenvalue weighted by Crippen LogP contribution is 2.24. The monoisotopic (exact) mass is 315 g/mol. The second kappa shape index (κ2) is 6.73. The SMILES string of the molecule is Cc1ccnc([C@H]2CCN(C(=O)COc3cccc(F)c3)C2)n1. The topological polar surface area (TPSA) is 55.3 Å². The minimum atomic E-state index is -0.382. The van der Waals surface area contributed by atoms with E-state index in [-0.39, 0.29) is 24.2 Å². The molecule has 1 saturated heterocycles. The number of likely N-dealkylation sites (tertiary alicyclic amines) is 1. The summed E-state index contributed by atoms with van der Waals surface area (Å²) in [5.41, 5.74) is 0.925. The van der Waals surface area contributed by atoms with E-state index >= 15 is 0 Å². The van der Waals surface area contributed by atoms with E-state index < -0.39 is 0 Å². The average molecular weight is 315 g/mol. The predicted molar refractivity (Wildman–Crippen MR) is 82.6 cm³/mol. The number of ether oxygens (including phenoxy) is 1. The molecule has 5 nitrogen and oxygen atoms in total. The molecule has 1 aliphatic rings. The molecule has 1 aromatic carbocycles. The van der Waals surface area contributed by atoms with Gasteiger partial charge in [-0.3, -0.25) is 4.79 Å². The molecule has 0 unspecified atom stereocenters. The number of amides is 1. The quantitative estimate of drug-likeness (QED) is 0.869. The van der Waals surface area contributed by atoms with Crippen molar-refractivity contribution < 1.29 is 13.9 Å². The van der Waals surface area contributed by atoms with Crippen molar-refractivity contribution in [1.82, 2.24) is 14.9 Å². The summed E-state index contributed by atoms with van der Waals surface area (Å²) in [6.45, 7) is 3.09. The maximum atomic E-state index is 13.1. The Morgan fingerprint density at radius 3 is 3.09 bits per heavy atom. The van der Waals surface area contributed by atoms with Crippen LogP contribution in [0.5, 0.6) is 5.75 Å². The van der Waals surface area contributed by atoms with Gasteiger partial charge in [0.15, 0.2) is 6.61 Å². The zero-order valence-electron chi connectivity index (χ0n) is 12.9. The van der Waals surface area contributed by atoms with E-state index in [0.29, 0.717) is 18.8 Å². The summed E-state index contributed by atoms with van der Waals surface area (Å²) < 4.78 is 18.4. The lowest BCUT2D eigenvalue weighted by Gasteiger charge is -2.16. The standard InChI is InChI=1S/C17H18FN3O2/c1-12-5-7-19-17(20-12)13-6-8-21(10-13)16(22)11-23-15-4-2-3-14(18)9-15/h2-5,7,9,13H,6,8,10-11H2,1H3/t13-/m0/s1. The first kappa shape index (κ1) is 15.4. The van der Waals surface area contributed by atoms with Gasteiger partial charge in [-0.25, -0.2) is 14.4 Å². The average Bonchev–Trinajstić information content (AvgIpc) is 3.03. The minimum Gasteiger partial charge on any atom is -0.484 e. The molecule has 2 aromatic rings. The molecule has 0 saturated carbocycles. The smallest absolute Gasteiger partial charge is 0.260 e. The first-order valence-electron chi connectivity index (χ1n) is 7.57. The summed E-state index contributed by atoms with van der Waals surface area (Å²) in [5, 5.41) is 0. The van der Waals surface area contributed by atoms with Crippen molar-refractivity contribution in [3.05, 3.63) is 53.9 Å². The fraction of sp³-hybridized carbons (Fsp3) is 0.353. The van der Waals surface area contributed by atoms with Crippen LogP contribution < -0.4 is 4.74 Å². The van der Waals surface area contributed by atoms with Gasteiger partial charge >= 0.3 is 0 Å². The number of hydrogen-bond acceptors (Lipinski definition) is 4. The van der Waals surface area contributed by atoms with Gasteiger partial charge in [-0.15, -0.1) is 0 Å². The number of benzene rings is 1. The molecule has 0 N–H and O–H groups in total. The molecular weight excluding hydrogens is 297 g/mol. The van der Waals surface area contributed by atoms with Gasteiger partial charge in [-0.05, 0) is 31.5 Å². The van der Waals surface area contributed by atoms with Crippen molar-refractivity contribution in [3.8, 4) is 5.75 Å². The largest absolute Gasteiger partial charge is 0.484 e. The zero-order chi connectivity index (χ0) is 16.2. The summed E-state index contributed by atoms with van der Waals surface area (Å²) in [4.78, 5) is 22.7. The number of carbonyl (C=O) groups is 1. The van der Waals surface area contributed by atoms with Crippen LogP contribution in [0.2, 0.25) is 0 Å². The molecule has 0 bridgehead atoms. The van der Waals surface area contributed by atoms with Crippen LogP contribution in [0.15, 0.2) is 36.5 Å². The van der Waals surface area contributed by atoms with Gasteiger partial charge in [-0.2, -0.15) is 0 Å². The molecule has 6 heteroatoms. The Bertz CT molecular complexity index is 708. The Kier molecular flexibility index (Phi) is 4.50. The Balaban J connectivity index is 1.55. The van der Waals surface area contributed by atoms with Crippen molar-refractivity contribution in [2.24, 2.45) is 0 Å². The molecule has 23 heavy (non-hydrogen) atoms. The Morgan fingerprint density at radius 1 is 1.43 bits per heavy atom. The van der Waals surface area contributed by atoms with Gasteiger partial charge in [0.1, 0.15) is 17.4 Å². The van der Waals surface area contributed by atoms with Crippen molar-refractivity contribution >= 4 is 5.91 Å².